The maximum absolute atomic E-state index is 12.1. The zero-order chi connectivity index (χ0) is 14.0. The molecule has 0 aliphatic carbocycles. The predicted molar refractivity (Wildman–Crippen MR) is 67.1 cm³/mol. The van der Waals surface area contributed by atoms with Crippen LogP contribution < -0.4 is 5.32 Å². The van der Waals surface area contributed by atoms with E-state index in [2.05, 4.69) is 5.32 Å². The van der Waals surface area contributed by atoms with Gasteiger partial charge in [-0.05, 0) is 46.1 Å². The minimum absolute atomic E-state index is 0.0648. The smallest absolute Gasteiger partial charge is 0.428 e. The molecule has 0 unspecified atom stereocenters. The molecule has 1 aliphatic rings. The molecule has 0 spiro atoms. The number of hydrogen-bond acceptors (Lipinski definition) is 5. The van der Waals surface area contributed by atoms with Gasteiger partial charge in [0.15, 0.2) is 0 Å². The Morgan fingerprint density at radius 2 is 1.89 bits per heavy atom. The lowest BCUT2D eigenvalue weighted by molar-refractivity contribution is -0.150. The Balaban J connectivity index is 2.66. The Kier molecular flexibility index (Phi) is 4.37. The molecule has 1 heterocycles. The predicted octanol–water partition coefficient (Wildman–Crippen LogP) is 2.24. The first-order valence-electron chi connectivity index (χ1n) is 6.38. The lowest BCUT2D eigenvalue weighted by Gasteiger charge is -2.30. The van der Waals surface area contributed by atoms with Gasteiger partial charge in [0, 0.05) is 0 Å². The van der Waals surface area contributed by atoms with Crippen molar-refractivity contribution in [2.45, 2.75) is 58.6 Å². The summed E-state index contributed by atoms with van der Waals surface area (Å²) < 4.78 is 9.80. The Labute approximate surface area is 108 Å². The minimum atomic E-state index is -0.929. The highest BCUT2D eigenvalue weighted by molar-refractivity contribution is 5.89. The zero-order valence-electron chi connectivity index (χ0n) is 11.8. The highest BCUT2D eigenvalue weighted by Gasteiger charge is 2.46. The molecule has 1 atom stereocenters. The summed E-state index contributed by atoms with van der Waals surface area (Å²) >= 11 is 0. The van der Waals surface area contributed by atoms with E-state index in [1.54, 1.807) is 20.8 Å². The lowest BCUT2D eigenvalue weighted by Crippen LogP contribution is -2.53. The molecule has 0 aromatic carbocycles. The van der Waals surface area contributed by atoms with Crippen LogP contribution in [0.25, 0.3) is 0 Å². The van der Waals surface area contributed by atoms with Gasteiger partial charge in [-0.3, -0.25) is 0 Å². The normalized spacial score (nSPS) is 24.1. The topological polar surface area (TPSA) is 64.6 Å². The summed E-state index contributed by atoms with van der Waals surface area (Å²) in [4.78, 5) is 23.6. The third-order valence-corrected chi connectivity index (χ3v) is 3.10. The van der Waals surface area contributed by atoms with Crippen molar-refractivity contribution in [3.63, 3.8) is 0 Å². The molecule has 0 aromatic heterocycles. The number of carbonyl (C=O) groups is 2. The molecule has 0 aromatic rings. The van der Waals surface area contributed by atoms with E-state index < -0.39 is 23.3 Å². The Bertz CT molecular complexity index is 324. The maximum atomic E-state index is 12.1. The van der Waals surface area contributed by atoms with Crippen LogP contribution in [-0.4, -0.2) is 29.8 Å². The van der Waals surface area contributed by atoms with Gasteiger partial charge in [0.1, 0.15) is 11.1 Å². The van der Waals surface area contributed by atoms with Gasteiger partial charge < -0.3 is 14.8 Å². The standard InChI is InChI=1S/C13H23NO4/c1-9(2)13(7-6-8-14-13)10(15)17-11(16)18-12(3,4)5/h9,14H,6-8H2,1-5H3/t13-/m1/s1. The first kappa shape index (κ1) is 15.0. The summed E-state index contributed by atoms with van der Waals surface area (Å²) in [6.07, 6.45) is 0.662. The van der Waals surface area contributed by atoms with E-state index in [9.17, 15) is 9.59 Å². The van der Waals surface area contributed by atoms with E-state index in [1.807, 2.05) is 13.8 Å². The summed E-state index contributed by atoms with van der Waals surface area (Å²) in [5, 5.41) is 3.16. The number of hydrogen-bond donors (Lipinski definition) is 1. The van der Waals surface area contributed by atoms with Gasteiger partial charge in [0.25, 0.3) is 0 Å². The van der Waals surface area contributed by atoms with Gasteiger partial charge in [-0.25, -0.2) is 9.59 Å². The third kappa shape index (κ3) is 3.45. The van der Waals surface area contributed by atoms with E-state index >= 15 is 0 Å². The van der Waals surface area contributed by atoms with Crippen molar-refractivity contribution >= 4 is 12.1 Å². The van der Waals surface area contributed by atoms with Crippen molar-refractivity contribution < 1.29 is 19.1 Å². The largest absolute Gasteiger partial charge is 0.516 e. The summed E-state index contributed by atoms with van der Waals surface area (Å²) in [5.41, 5.74) is -1.41. The van der Waals surface area contributed by atoms with Crippen LogP contribution in [0, 0.1) is 5.92 Å². The average molecular weight is 257 g/mol. The molecule has 0 amide bonds. The number of esters is 1. The first-order valence-corrected chi connectivity index (χ1v) is 6.38. The Morgan fingerprint density at radius 1 is 1.28 bits per heavy atom. The highest BCUT2D eigenvalue weighted by Crippen LogP contribution is 2.29. The summed E-state index contributed by atoms with van der Waals surface area (Å²) in [5.74, 6) is -0.473. The molecular weight excluding hydrogens is 234 g/mol. The van der Waals surface area contributed by atoms with Gasteiger partial charge in [-0.1, -0.05) is 13.8 Å². The second-order valence-corrected chi connectivity index (χ2v) is 6.01. The van der Waals surface area contributed by atoms with E-state index in [0.717, 1.165) is 13.0 Å². The van der Waals surface area contributed by atoms with Crippen LogP contribution in [0.15, 0.2) is 0 Å². The molecule has 5 heteroatoms. The van der Waals surface area contributed by atoms with Crippen LogP contribution in [0.4, 0.5) is 4.79 Å². The fourth-order valence-electron chi connectivity index (χ4n) is 2.11. The Morgan fingerprint density at radius 3 is 2.28 bits per heavy atom. The van der Waals surface area contributed by atoms with Crippen LogP contribution in [0.3, 0.4) is 0 Å². The molecule has 1 aliphatic heterocycles. The highest BCUT2D eigenvalue weighted by atomic mass is 16.7. The number of rotatable bonds is 2. The van der Waals surface area contributed by atoms with Crippen molar-refractivity contribution in [3.8, 4) is 0 Å². The van der Waals surface area contributed by atoms with Crippen molar-refractivity contribution in [2.24, 2.45) is 5.92 Å². The van der Waals surface area contributed by atoms with Crippen LogP contribution in [-0.2, 0) is 14.3 Å². The van der Waals surface area contributed by atoms with Crippen molar-refractivity contribution in [2.75, 3.05) is 6.54 Å². The average Bonchev–Trinajstić information content (AvgIpc) is 2.63. The zero-order valence-corrected chi connectivity index (χ0v) is 11.8. The van der Waals surface area contributed by atoms with E-state index in [4.69, 9.17) is 9.47 Å². The van der Waals surface area contributed by atoms with Crippen molar-refractivity contribution in [3.05, 3.63) is 0 Å². The lowest BCUT2D eigenvalue weighted by atomic mass is 9.85. The van der Waals surface area contributed by atoms with E-state index in [0.29, 0.717) is 6.42 Å². The molecule has 5 nitrogen and oxygen atoms in total. The van der Waals surface area contributed by atoms with Crippen LogP contribution in [0.5, 0.6) is 0 Å². The van der Waals surface area contributed by atoms with Gasteiger partial charge in [0.05, 0.1) is 0 Å². The van der Waals surface area contributed by atoms with Crippen molar-refractivity contribution in [1.82, 2.24) is 5.32 Å². The second-order valence-electron chi connectivity index (χ2n) is 6.01. The summed E-state index contributed by atoms with van der Waals surface area (Å²) in [6, 6.07) is 0. The SMILES string of the molecule is CC(C)[C@@]1(C(=O)OC(=O)OC(C)(C)C)CCCN1. The summed E-state index contributed by atoms with van der Waals surface area (Å²) in [6.45, 7) is 9.82. The molecule has 1 N–H and O–H groups in total. The Hall–Kier alpha value is -1.10. The monoisotopic (exact) mass is 257 g/mol. The van der Waals surface area contributed by atoms with Crippen LogP contribution in [0.1, 0.15) is 47.5 Å². The quantitative estimate of drug-likeness (QED) is 0.607. The van der Waals surface area contributed by atoms with E-state index in [1.165, 1.54) is 0 Å². The number of nitrogens with one attached hydrogen (secondary N) is 1. The van der Waals surface area contributed by atoms with Gasteiger partial charge in [-0.2, -0.15) is 0 Å². The fraction of sp³-hybridized carbons (Fsp3) is 0.846. The molecule has 1 fully saturated rings. The molecule has 104 valence electrons. The first-order chi connectivity index (χ1) is 8.17. The van der Waals surface area contributed by atoms with Crippen molar-refractivity contribution in [1.29, 1.82) is 0 Å². The van der Waals surface area contributed by atoms with Gasteiger partial charge in [0.2, 0.25) is 0 Å². The second kappa shape index (κ2) is 5.26. The molecule has 18 heavy (non-hydrogen) atoms. The molecule has 0 saturated carbocycles. The van der Waals surface area contributed by atoms with Gasteiger partial charge in [-0.15, -0.1) is 0 Å². The fourth-order valence-corrected chi connectivity index (χ4v) is 2.11. The molecular formula is C13H23NO4. The maximum Gasteiger partial charge on any atom is 0.516 e. The van der Waals surface area contributed by atoms with Crippen LogP contribution >= 0.6 is 0 Å². The number of carbonyl (C=O) groups excluding carboxylic acids is 2. The summed E-state index contributed by atoms with van der Waals surface area (Å²) in [7, 11) is 0. The molecule has 0 radical (unpaired) electrons. The van der Waals surface area contributed by atoms with E-state index in [-0.39, 0.29) is 5.92 Å². The third-order valence-electron chi connectivity index (χ3n) is 3.10. The van der Waals surface area contributed by atoms with Crippen LogP contribution in [0.2, 0.25) is 0 Å². The minimum Gasteiger partial charge on any atom is -0.428 e. The molecule has 0 bridgehead atoms. The number of ether oxygens (including phenoxy) is 2. The molecule has 1 rings (SSSR count). The van der Waals surface area contributed by atoms with Gasteiger partial charge >= 0.3 is 12.1 Å². The molecule has 1 saturated heterocycles.